The highest BCUT2D eigenvalue weighted by atomic mass is 32.2. The normalized spacial score (nSPS) is 11.8. The Bertz CT molecular complexity index is 586. The maximum Gasteiger partial charge on any atom is 0.346 e. The van der Waals surface area contributed by atoms with E-state index in [9.17, 15) is 13.2 Å². The second-order valence-corrected chi connectivity index (χ2v) is 7.42. The molecule has 0 spiro atoms. The van der Waals surface area contributed by atoms with Crippen LogP contribution in [-0.2, 0) is 10.0 Å². The molecular weight excluding hydrogens is 274 g/mol. The molecule has 0 bridgehead atoms. The van der Waals surface area contributed by atoms with Crippen molar-refractivity contribution >= 4 is 27.3 Å². The third-order valence-corrected chi connectivity index (χ3v) is 5.72. The van der Waals surface area contributed by atoms with Crippen molar-refractivity contribution in [2.24, 2.45) is 0 Å². The van der Waals surface area contributed by atoms with Crippen LogP contribution in [0.15, 0.2) is 22.4 Å². The lowest BCUT2D eigenvalue weighted by Gasteiger charge is -2.15. The van der Waals surface area contributed by atoms with Crippen molar-refractivity contribution in [1.29, 1.82) is 0 Å². The lowest BCUT2D eigenvalue weighted by atomic mass is 10.3. The molecule has 0 saturated heterocycles. The van der Waals surface area contributed by atoms with Crippen LogP contribution in [0, 0.1) is 6.92 Å². The molecule has 0 atom stereocenters. The Morgan fingerprint density at radius 3 is 2.50 bits per heavy atom. The molecular formula is C11H15NO4S2. The molecule has 0 fully saturated rings. The van der Waals surface area contributed by atoms with Gasteiger partial charge in [-0.25, -0.2) is 13.2 Å². The van der Waals surface area contributed by atoms with Crippen molar-refractivity contribution in [3.8, 4) is 0 Å². The van der Waals surface area contributed by atoms with Crippen molar-refractivity contribution in [3.05, 3.63) is 28.7 Å². The number of hydrogen-bond acceptors (Lipinski definition) is 4. The summed E-state index contributed by atoms with van der Waals surface area (Å²) in [6.07, 6.45) is 0. The predicted octanol–water partition coefficient (Wildman–Crippen LogP) is 1.95. The molecule has 1 aromatic rings. The van der Waals surface area contributed by atoms with Crippen LogP contribution in [0.1, 0.15) is 22.2 Å². The summed E-state index contributed by atoms with van der Waals surface area (Å²) in [5.74, 6) is -1.11. The minimum Gasteiger partial charge on any atom is -0.477 e. The average Bonchev–Trinajstić information content (AvgIpc) is 2.59. The molecule has 0 amide bonds. The average molecular weight is 289 g/mol. The summed E-state index contributed by atoms with van der Waals surface area (Å²) >= 11 is 0.771. The quantitative estimate of drug-likeness (QED) is 0.841. The smallest absolute Gasteiger partial charge is 0.346 e. The number of thiophene rings is 1. The van der Waals surface area contributed by atoms with Gasteiger partial charge in [-0.05, 0) is 25.5 Å². The van der Waals surface area contributed by atoms with Gasteiger partial charge in [-0.3, -0.25) is 0 Å². The largest absolute Gasteiger partial charge is 0.477 e. The predicted molar refractivity (Wildman–Crippen MR) is 70.6 cm³/mol. The molecule has 1 N–H and O–H groups in total. The number of aryl methyl sites for hydroxylation is 1. The van der Waals surface area contributed by atoms with Gasteiger partial charge in [0.2, 0.25) is 0 Å². The van der Waals surface area contributed by atoms with E-state index in [2.05, 4.69) is 6.58 Å². The first-order chi connectivity index (χ1) is 8.16. The van der Waals surface area contributed by atoms with Crippen molar-refractivity contribution < 1.29 is 18.3 Å². The van der Waals surface area contributed by atoms with Gasteiger partial charge in [0, 0.05) is 13.6 Å². The Morgan fingerprint density at radius 2 is 2.11 bits per heavy atom. The van der Waals surface area contributed by atoms with E-state index in [4.69, 9.17) is 5.11 Å². The first kappa shape index (κ1) is 14.9. The molecule has 1 heterocycles. The summed E-state index contributed by atoms with van der Waals surface area (Å²) in [6.45, 7) is 7.18. The maximum absolute atomic E-state index is 12.2. The number of carboxylic acids is 1. The number of rotatable bonds is 5. The molecule has 0 radical (unpaired) electrons. The Kier molecular flexibility index (Phi) is 4.31. The van der Waals surface area contributed by atoms with Gasteiger partial charge in [0.05, 0.1) is 0 Å². The van der Waals surface area contributed by atoms with Gasteiger partial charge in [0.1, 0.15) is 9.09 Å². The zero-order valence-corrected chi connectivity index (χ0v) is 12.1. The zero-order chi connectivity index (χ0) is 14.1. The van der Waals surface area contributed by atoms with Crippen LogP contribution in [0.25, 0.3) is 0 Å². The van der Waals surface area contributed by atoms with Gasteiger partial charge >= 0.3 is 5.97 Å². The van der Waals surface area contributed by atoms with Gasteiger partial charge in [0.15, 0.2) is 0 Å². The number of carboxylic acid groups (broad SMARTS) is 1. The summed E-state index contributed by atoms with van der Waals surface area (Å²) in [6, 6.07) is 1.39. The fourth-order valence-corrected chi connectivity index (χ4v) is 4.23. The monoisotopic (exact) mass is 289 g/mol. The standard InChI is InChI=1S/C11H15NO4S2/c1-7(2)6-12(4)18(15,16)9-5-8(3)10(17-9)11(13)14/h5H,1,6H2,2-4H3,(H,13,14). The number of aromatic carboxylic acids is 1. The highest BCUT2D eigenvalue weighted by molar-refractivity contribution is 7.91. The minimum absolute atomic E-state index is 0.0427. The molecule has 0 aliphatic heterocycles. The van der Waals surface area contributed by atoms with Gasteiger partial charge in [0.25, 0.3) is 10.0 Å². The van der Waals surface area contributed by atoms with Crippen LogP contribution in [0.5, 0.6) is 0 Å². The van der Waals surface area contributed by atoms with E-state index in [1.54, 1.807) is 13.8 Å². The van der Waals surface area contributed by atoms with Crippen molar-refractivity contribution in [2.45, 2.75) is 18.1 Å². The van der Waals surface area contributed by atoms with Crippen LogP contribution < -0.4 is 0 Å². The number of carbonyl (C=O) groups is 1. The highest BCUT2D eigenvalue weighted by Crippen LogP contribution is 2.28. The van der Waals surface area contributed by atoms with Crippen molar-refractivity contribution in [3.63, 3.8) is 0 Å². The highest BCUT2D eigenvalue weighted by Gasteiger charge is 2.25. The Hall–Kier alpha value is -1.18. The fourth-order valence-electron chi connectivity index (χ4n) is 1.41. The molecule has 7 heteroatoms. The first-order valence-corrected chi connectivity index (χ1v) is 7.36. The van der Waals surface area contributed by atoms with Crippen LogP contribution in [0.4, 0.5) is 0 Å². The Labute approximate surface area is 110 Å². The van der Waals surface area contributed by atoms with E-state index in [-0.39, 0.29) is 15.6 Å². The van der Waals surface area contributed by atoms with Gasteiger partial charge in [-0.15, -0.1) is 11.3 Å². The number of sulfonamides is 1. The van der Waals surface area contributed by atoms with E-state index in [0.29, 0.717) is 11.1 Å². The summed E-state index contributed by atoms with van der Waals surface area (Å²) in [5, 5.41) is 8.92. The van der Waals surface area contributed by atoms with E-state index in [1.165, 1.54) is 13.1 Å². The van der Waals surface area contributed by atoms with Gasteiger partial charge < -0.3 is 5.11 Å². The fraction of sp³-hybridized carbons (Fsp3) is 0.364. The Morgan fingerprint density at radius 1 is 1.56 bits per heavy atom. The second kappa shape index (κ2) is 5.21. The van der Waals surface area contributed by atoms with E-state index in [0.717, 1.165) is 15.6 Å². The van der Waals surface area contributed by atoms with E-state index < -0.39 is 16.0 Å². The molecule has 5 nitrogen and oxygen atoms in total. The first-order valence-electron chi connectivity index (χ1n) is 5.10. The molecule has 0 unspecified atom stereocenters. The van der Waals surface area contributed by atoms with E-state index >= 15 is 0 Å². The molecule has 1 rings (SSSR count). The third-order valence-electron chi connectivity index (χ3n) is 2.25. The summed E-state index contributed by atoms with van der Waals surface area (Å²) in [5.41, 5.74) is 1.17. The van der Waals surface area contributed by atoms with E-state index in [1.807, 2.05) is 0 Å². The molecule has 0 aromatic carbocycles. The molecule has 0 aliphatic rings. The minimum atomic E-state index is -3.64. The number of likely N-dealkylation sites (N-methyl/N-ethyl adjacent to an activating group) is 1. The van der Waals surface area contributed by atoms with Crippen LogP contribution in [-0.4, -0.2) is 37.4 Å². The number of nitrogens with zero attached hydrogens (tertiary/aromatic N) is 1. The molecule has 18 heavy (non-hydrogen) atoms. The Balaban J connectivity index is 3.17. The SMILES string of the molecule is C=C(C)CN(C)S(=O)(=O)c1cc(C)c(C(=O)O)s1. The molecule has 0 saturated carbocycles. The zero-order valence-electron chi connectivity index (χ0n) is 10.4. The lowest BCUT2D eigenvalue weighted by molar-refractivity contribution is 0.0701. The molecule has 1 aromatic heterocycles. The van der Waals surface area contributed by atoms with Gasteiger partial charge in [-0.1, -0.05) is 12.2 Å². The van der Waals surface area contributed by atoms with Gasteiger partial charge in [-0.2, -0.15) is 4.31 Å². The summed E-state index contributed by atoms with van der Waals surface area (Å²) in [4.78, 5) is 11.0. The second-order valence-electron chi connectivity index (χ2n) is 4.10. The topological polar surface area (TPSA) is 74.7 Å². The van der Waals surface area contributed by atoms with Crippen LogP contribution in [0.3, 0.4) is 0 Å². The third kappa shape index (κ3) is 2.98. The molecule has 0 aliphatic carbocycles. The molecule has 100 valence electrons. The number of hydrogen-bond donors (Lipinski definition) is 1. The lowest BCUT2D eigenvalue weighted by Crippen LogP contribution is -2.27. The van der Waals surface area contributed by atoms with Crippen molar-refractivity contribution in [2.75, 3.05) is 13.6 Å². The van der Waals surface area contributed by atoms with Crippen LogP contribution in [0.2, 0.25) is 0 Å². The van der Waals surface area contributed by atoms with Crippen LogP contribution >= 0.6 is 11.3 Å². The van der Waals surface area contributed by atoms with Crippen molar-refractivity contribution in [1.82, 2.24) is 4.31 Å². The summed E-state index contributed by atoms with van der Waals surface area (Å²) < 4.78 is 25.5. The maximum atomic E-state index is 12.2. The summed E-state index contributed by atoms with van der Waals surface area (Å²) in [7, 11) is -2.20.